The summed E-state index contributed by atoms with van der Waals surface area (Å²) in [5.74, 6) is 0.0309. The van der Waals surface area contributed by atoms with Gasteiger partial charge in [-0.2, -0.15) is 4.31 Å². The number of hydrogen-bond acceptors (Lipinski definition) is 7. The number of aliphatic hydroxyl groups is 1. The van der Waals surface area contributed by atoms with Gasteiger partial charge in [-0.05, 0) is 31.4 Å². The highest BCUT2D eigenvalue weighted by atomic mass is 32.2. The van der Waals surface area contributed by atoms with Crippen LogP contribution in [-0.4, -0.2) is 99.1 Å². The Morgan fingerprint density at radius 3 is 2.62 bits per heavy atom. The van der Waals surface area contributed by atoms with Gasteiger partial charge in [0.25, 0.3) is 0 Å². The number of amides is 1. The first kappa shape index (κ1) is 23.6. The largest absolute Gasteiger partial charge is 0.389 e. The summed E-state index contributed by atoms with van der Waals surface area (Å²) >= 11 is 0. The van der Waals surface area contributed by atoms with Crippen LogP contribution < -0.4 is 0 Å². The van der Waals surface area contributed by atoms with Gasteiger partial charge < -0.3 is 24.2 Å². The van der Waals surface area contributed by atoms with Crippen molar-refractivity contribution in [2.45, 2.75) is 55.4 Å². The highest BCUT2D eigenvalue weighted by molar-refractivity contribution is 7.89. The Morgan fingerprint density at radius 2 is 1.88 bits per heavy atom. The molecule has 3 heterocycles. The topological polar surface area (TPSA) is 106 Å². The van der Waals surface area contributed by atoms with E-state index >= 15 is 0 Å². The van der Waals surface area contributed by atoms with E-state index in [1.165, 1.54) is 4.31 Å². The maximum absolute atomic E-state index is 13.6. The minimum atomic E-state index is -3.84. The molecule has 1 aromatic carbocycles. The first-order valence-corrected chi connectivity index (χ1v) is 12.6. The summed E-state index contributed by atoms with van der Waals surface area (Å²) in [6.07, 6.45) is -0.355. The summed E-state index contributed by atoms with van der Waals surface area (Å²) in [5, 5.41) is 10.3. The summed E-state index contributed by atoms with van der Waals surface area (Å²) in [4.78, 5) is 14.7. The fourth-order valence-corrected chi connectivity index (χ4v) is 6.62. The fourth-order valence-electron chi connectivity index (χ4n) is 4.68. The molecule has 3 saturated heterocycles. The van der Waals surface area contributed by atoms with E-state index < -0.39 is 28.3 Å². The van der Waals surface area contributed by atoms with E-state index in [2.05, 4.69) is 0 Å². The smallest absolute Gasteiger partial charge is 0.243 e. The van der Waals surface area contributed by atoms with E-state index in [1.807, 2.05) is 0 Å². The number of aryl methyl sites for hydroxylation is 1. The SMILES string of the molecule is Cc1ccccc1S(=O)(=O)N1C[C@H](O)COC[C@@H]2O[C@@H](CC(=O)N3CCOCC3)CC[C@H]21. The molecule has 10 heteroatoms. The van der Waals surface area contributed by atoms with Gasteiger partial charge in [0.15, 0.2) is 0 Å². The molecule has 0 unspecified atom stereocenters. The molecule has 3 fully saturated rings. The van der Waals surface area contributed by atoms with Gasteiger partial charge >= 0.3 is 0 Å². The average Bonchev–Trinajstić information content (AvgIpc) is 2.77. The fraction of sp³-hybridized carbons (Fsp3) is 0.682. The highest BCUT2D eigenvalue weighted by Crippen LogP contribution is 2.32. The molecule has 0 aliphatic carbocycles. The molecule has 0 bridgehead atoms. The normalized spacial score (nSPS) is 30.2. The molecule has 1 N–H and O–H groups in total. The summed E-state index contributed by atoms with van der Waals surface area (Å²) < 4.78 is 45.7. The van der Waals surface area contributed by atoms with Crippen molar-refractivity contribution in [2.24, 2.45) is 0 Å². The third-order valence-corrected chi connectivity index (χ3v) is 8.43. The summed E-state index contributed by atoms with van der Waals surface area (Å²) in [7, 11) is -3.84. The monoisotopic (exact) mass is 468 g/mol. The van der Waals surface area contributed by atoms with Crippen LogP contribution in [-0.2, 0) is 29.0 Å². The third-order valence-electron chi connectivity index (χ3n) is 6.38. The maximum atomic E-state index is 13.6. The summed E-state index contributed by atoms with van der Waals surface area (Å²) in [5.41, 5.74) is 0.655. The van der Waals surface area contributed by atoms with Gasteiger partial charge in [-0.25, -0.2) is 8.42 Å². The zero-order valence-electron chi connectivity index (χ0n) is 18.4. The number of aliphatic hydroxyl groups excluding tert-OH is 1. The van der Waals surface area contributed by atoms with Gasteiger partial charge in [-0.3, -0.25) is 4.79 Å². The first-order chi connectivity index (χ1) is 15.4. The molecular formula is C22H32N2O7S. The second-order valence-electron chi connectivity index (χ2n) is 8.67. The summed E-state index contributed by atoms with van der Waals surface area (Å²) in [6.45, 7) is 4.17. The first-order valence-electron chi connectivity index (χ1n) is 11.2. The van der Waals surface area contributed by atoms with Crippen LogP contribution in [0.15, 0.2) is 29.2 Å². The number of carbonyl (C=O) groups excluding carboxylic acids is 1. The summed E-state index contributed by atoms with van der Waals surface area (Å²) in [6, 6.07) is 6.39. The number of hydrogen-bond donors (Lipinski definition) is 1. The van der Waals surface area contributed by atoms with Crippen LogP contribution in [0.3, 0.4) is 0 Å². The lowest BCUT2D eigenvalue weighted by Gasteiger charge is -2.44. The molecule has 9 nitrogen and oxygen atoms in total. The van der Waals surface area contributed by atoms with E-state index in [4.69, 9.17) is 14.2 Å². The predicted octanol–water partition coefficient (Wildman–Crippen LogP) is 0.542. The zero-order valence-corrected chi connectivity index (χ0v) is 19.2. The standard InChI is InChI=1S/C22H32N2O7S/c1-16-4-2-3-5-21(16)32(27,28)24-13-17(25)14-30-15-20-19(24)7-6-18(31-20)12-22(26)23-8-10-29-11-9-23/h2-5,17-20,25H,6-15H2,1H3/t17-,18+,19+,20-/m0/s1. The molecule has 0 spiro atoms. The minimum absolute atomic E-state index is 0.0309. The van der Waals surface area contributed by atoms with Crippen molar-refractivity contribution < 1.29 is 32.5 Å². The van der Waals surface area contributed by atoms with E-state index in [1.54, 1.807) is 36.1 Å². The Bertz CT molecular complexity index is 903. The molecule has 1 amide bonds. The lowest BCUT2D eigenvalue weighted by atomic mass is 9.96. The van der Waals surface area contributed by atoms with Crippen molar-refractivity contribution in [1.29, 1.82) is 0 Å². The van der Waals surface area contributed by atoms with Crippen LogP contribution in [0.5, 0.6) is 0 Å². The van der Waals surface area contributed by atoms with E-state index in [9.17, 15) is 18.3 Å². The number of morpholine rings is 1. The lowest BCUT2D eigenvalue weighted by molar-refractivity contribution is -0.153. The number of nitrogens with zero attached hydrogens (tertiary/aromatic N) is 2. The van der Waals surface area contributed by atoms with Crippen molar-refractivity contribution in [2.75, 3.05) is 46.1 Å². The minimum Gasteiger partial charge on any atom is -0.389 e. The molecule has 0 saturated carbocycles. The van der Waals surface area contributed by atoms with Crippen LogP contribution in [0.1, 0.15) is 24.8 Å². The molecule has 4 rings (SSSR count). The van der Waals surface area contributed by atoms with Gasteiger partial charge in [-0.1, -0.05) is 18.2 Å². The average molecular weight is 469 g/mol. The van der Waals surface area contributed by atoms with Crippen molar-refractivity contribution >= 4 is 15.9 Å². The number of β-amino-alcohol motifs (C(OH)–C–C–N with tert-alkyl or cyclic N) is 1. The number of benzene rings is 1. The van der Waals surface area contributed by atoms with Crippen LogP contribution >= 0.6 is 0 Å². The second kappa shape index (κ2) is 10.1. The Labute approximate surface area is 189 Å². The molecule has 3 aliphatic rings. The van der Waals surface area contributed by atoms with Crippen molar-refractivity contribution in [3.05, 3.63) is 29.8 Å². The zero-order chi connectivity index (χ0) is 22.7. The number of sulfonamides is 1. The lowest BCUT2D eigenvalue weighted by Crippen LogP contribution is -2.57. The maximum Gasteiger partial charge on any atom is 0.243 e. The van der Waals surface area contributed by atoms with Gasteiger partial charge in [0.1, 0.15) is 0 Å². The predicted molar refractivity (Wildman–Crippen MR) is 116 cm³/mol. The van der Waals surface area contributed by atoms with Crippen LogP contribution in [0.4, 0.5) is 0 Å². The van der Waals surface area contributed by atoms with Crippen molar-refractivity contribution in [3.8, 4) is 0 Å². The molecule has 0 radical (unpaired) electrons. The van der Waals surface area contributed by atoms with Crippen LogP contribution in [0.25, 0.3) is 0 Å². The molecule has 4 atom stereocenters. The van der Waals surface area contributed by atoms with Gasteiger partial charge in [-0.15, -0.1) is 0 Å². The van der Waals surface area contributed by atoms with Crippen molar-refractivity contribution in [3.63, 3.8) is 0 Å². The van der Waals surface area contributed by atoms with Crippen molar-refractivity contribution in [1.82, 2.24) is 9.21 Å². The Morgan fingerprint density at radius 1 is 1.12 bits per heavy atom. The quantitative estimate of drug-likeness (QED) is 0.688. The number of ether oxygens (including phenoxy) is 3. The van der Waals surface area contributed by atoms with Gasteiger partial charge in [0.05, 0.1) is 62.1 Å². The second-order valence-corrected chi connectivity index (χ2v) is 10.5. The Kier molecular flexibility index (Phi) is 7.48. The molecule has 1 aromatic rings. The molecule has 3 aliphatic heterocycles. The molecule has 0 aromatic heterocycles. The van der Waals surface area contributed by atoms with E-state index in [-0.39, 0.29) is 43.1 Å². The molecule has 32 heavy (non-hydrogen) atoms. The van der Waals surface area contributed by atoms with Gasteiger partial charge in [0.2, 0.25) is 15.9 Å². The Balaban J connectivity index is 1.51. The van der Waals surface area contributed by atoms with Crippen LogP contribution in [0.2, 0.25) is 0 Å². The van der Waals surface area contributed by atoms with E-state index in [0.717, 1.165) is 0 Å². The number of fused-ring (bicyclic) bond motifs is 1. The van der Waals surface area contributed by atoms with Gasteiger partial charge in [0, 0.05) is 19.6 Å². The van der Waals surface area contributed by atoms with E-state index in [0.29, 0.717) is 44.7 Å². The Hall–Kier alpha value is -1.56. The number of rotatable bonds is 4. The highest BCUT2D eigenvalue weighted by Gasteiger charge is 2.43. The van der Waals surface area contributed by atoms with Crippen LogP contribution in [0, 0.1) is 6.92 Å². The molecule has 178 valence electrons. The third kappa shape index (κ3) is 5.16. The molecular weight excluding hydrogens is 436 g/mol. The number of carbonyl (C=O) groups is 1.